The maximum atomic E-state index is 11.8. The van der Waals surface area contributed by atoms with E-state index in [2.05, 4.69) is 15.6 Å². The van der Waals surface area contributed by atoms with Gasteiger partial charge in [-0.25, -0.2) is 4.98 Å². The lowest BCUT2D eigenvalue weighted by Crippen LogP contribution is -2.49. The predicted octanol–water partition coefficient (Wildman–Crippen LogP) is 0.813. The normalized spacial score (nSPS) is 13.5. The van der Waals surface area contributed by atoms with Gasteiger partial charge in [-0.2, -0.15) is 0 Å². The molecule has 5 heteroatoms. The molecule has 96 valence electrons. The fourth-order valence-corrected chi connectivity index (χ4v) is 1.38. The average molecular weight is 238 g/mol. The van der Waals surface area contributed by atoms with Gasteiger partial charge in [0.05, 0.1) is 18.1 Å². The van der Waals surface area contributed by atoms with Crippen LogP contribution in [-0.2, 0) is 18.4 Å². The summed E-state index contributed by atoms with van der Waals surface area (Å²) >= 11 is 0. The summed E-state index contributed by atoms with van der Waals surface area (Å²) in [6.45, 7) is 8.41. The molecule has 1 unspecified atom stereocenters. The first-order chi connectivity index (χ1) is 7.79. The summed E-state index contributed by atoms with van der Waals surface area (Å²) in [5, 5.41) is 6.12. The molecule has 0 aliphatic heterocycles. The molecule has 0 aromatic carbocycles. The minimum atomic E-state index is -0.218. The molecule has 17 heavy (non-hydrogen) atoms. The first-order valence-electron chi connectivity index (χ1n) is 5.80. The molecule has 0 bridgehead atoms. The van der Waals surface area contributed by atoms with Crippen LogP contribution >= 0.6 is 0 Å². The van der Waals surface area contributed by atoms with Crippen LogP contribution in [0.2, 0.25) is 0 Å². The van der Waals surface area contributed by atoms with E-state index in [4.69, 9.17) is 0 Å². The number of nitrogens with zero attached hydrogens (tertiary/aromatic N) is 2. The van der Waals surface area contributed by atoms with Crippen molar-refractivity contribution in [3.8, 4) is 0 Å². The van der Waals surface area contributed by atoms with Crippen molar-refractivity contribution in [2.75, 3.05) is 0 Å². The number of hydrogen-bond acceptors (Lipinski definition) is 3. The maximum absolute atomic E-state index is 11.8. The Balaban J connectivity index is 2.42. The lowest BCUT2D eigenvalue weighted by atomic mass is 10.1. The van der Waals surface area contributed by atoms with Crippen molar-refractivity contribution < 1.29 is 4.79 Å². The smallest absolute Gasteiger partial charge is 0.237 e. The van der Waals surface area contributed by atoms with Crippen molar-refractivity contribution in [1.29, 1.82) is 0 Å². The molecule has 1 aromatic rings. The molecule has 0 saturated heterocycles. The van der Waals surface area contributed by atoms with Gasteiger partial charge in [-0.15, -0.1) is 0 Å². The summed E-state index contributed by atoms with van der Waals surface area (Å²) in [6, 6.07) is -0.218. The van der Waals surface area contributed by atoms with Gasteiger partial charge in [-0.3, -0.25) is 4.79 Å². The summed E-state index contributed by atoms with van der Waals surface area (Å²) in [4.78, 5) is 15.8. The van der Waals surface area contributed by atoms with E-state index < -0.39 is 0 Å². The van der Waals surface area contributed by atoms with E-state index in [0.717, 1.165) is 5.69 Å². The molecule has 0 saturated carbocycles. The van der Waals surface area contributed by atoms with Gasteiger partial charge in [0.15, 0.2) is 0 Å². The van der Waals surface area contributed by atoms with Gasteiger partial charge < -0.3 is 15.2 Å². The third-order valence-electron chi connectivity index (χ3n) is 2.40. The summed E-state index contributed by atoms with van der Waals surface area (Å²) in [5.74, 6) is 0.0136. The van der Waals surface area contributed by atoms with Gasteiger partial charge in [0.25, 0.3) is 0 Å². The van der Waals surface area contributed by atoms with Crippen LogP contribution in [0.4, 0.5) is 0 Å². The zero-order valence-corrected chi connectivity index (χ0v) is 11.2. The van der Waals surface area contributed by atoms with E-state index in [0.29, 0.717) is 6.54 Å². The lowest BCUT2D eigenvalue weighted by Gasteiger charge is -2.23. The maximum Gasteiger partial charge on any atom is 0.237 e. The molecule has 0 fully saturated rings. The second-order valence-electron chi connectivity index (χ2n) is 5.34. The molecule has 0 radical (unpaired) electrons. The van der Waals surface area contributed by atoms with E-state index in [-0.39, 0.29) is 17.5 Å². The van der Waals surface area contributed by atoms with Crippen molar-refractivity contribution in [3.63, 3.8) is 0 Å². The third-order valence-corrected chi connectivity index (χ3v) is 2.40. The van der Waals surface area contributed by atoms with Crippen LogP contribution < -0.4 is 10.6 Å². The number of hydrogen-bond donors (Lipinski definition) is 2. The van der Waals surface area contributed by atoms with Crippen molar-refractivity contribution in [1.82, 2.24) is 20.2 Å². The van der Waals surface area contributed by atoms with Crippen LogP contribution in [0.3, 0.4) is 0 Å². The summed E-state index contributed by atoms with van der Waals surface area (Å²) < 4.78 is 1.93. The molecule has 5 nitrogen and oxygen atoms in total. The molecule has 1 heterocycles. The topological polar surface area (TPSA) is 59.0 Å². The van der Waals surface area contributed by atoms with Crippen molar-refractivity contribution in [3.05, 3.63) is 18.2 Å². The number of carbonyl (C=O) groups excluding carboxylic acids is 1. The van der Waals surface area contributed by atoms with E-state index in [1.165, 1.54) is 0 Å². The number of imidazole rings is 1. The highest BCUT2D eigenvalue weighted by Crippen LogP contribution is 2.00. The monoisotopic (exact) mass is 238 g/mol. The Morgan fingerprint density at radius 2 is 2.18 bits per heavy atom. The van der Waals surface area contributed by atoms with Gasteiger partial charge in [-0.1, -0.05) is 0 Å². The van der Waals surface area contributed by atoms with Crippen molar-refractivity contribution in [2.24, 2.45) is 7.05 Å². The Hall–Kier alpha value is -1.36. The van der Waals surface area contributed by atoms with Crippen molar-refractivity contribution >= 4 is 5.91 Å². The third kappa shape index (κ3) is 4.56. The van der Waals surface area contributed by atoms with Gasteiger partial charge >= 0.3 is 0 Å². The molecular formula is C12H22N4O. The van der Waals surface area contributed by atoms with E-state index >= 15 is 0 Å². The first-order valence-corrected chi connectivity index (χ1v) is 5.80. The second kappa shape index (κ2) is 5.31. The van der Waals surface area contributed by atoms with Gasteiger partial charge in [0.1, 0.15) is 0 Å². The SMILES string of the molecule is CC(NCc1cncn1C)C(=O)NC(C)(C)C. The Kier molecular flexibility index (Phi) is 4.28. The largest absolute Gasteiger partial charge is 0.350 e. The molecule has 0 aliphatic carbocycles. The summed E-state index contributed by atoms with van der Waals surface area (Å²) in [5.41, 5.74) is 0.861. The average Bonchev–Trinajstić information content (AvgIpc) is 2.57. The molecule has 0 spiro atoms. The predicted molar refractivity (Wildman–Crippen MR) is 67.4 cm³/mol. The molecule has 0 aliphatic rings. The molecular weight excluding hydrogens is 216 g/mol. The Morgan fingerprint density at radius 3 is 2.65 bits per heavy atom. The Morgan fingerprint density at radius 1 is 1.53 bits per heavy atom. The number of aryl methyl sites for hydroxylation is 1. The second-order valence-corrected chi connectivity index (χ2v) is 5.34. The van der Waals surface area contributed by atoms with E-state index in [9.17, 15) is 4.79 Å². The lowest BCUT2D eigenvalue weighted by molar-refractivity contribution is -0.124. The molecule has 1 amide bonds. The molecule has 1 rings (SSSR count). The molecule has 1 aromatic heterocycles. The van der Waals surface area contributed by atoms with Gasteiger partial charge in [0.2, 0.25) is 5.91 Å². The molecule has 1 atom stereocenters. The molecule has 2 N–H and O–H groups in total. The minimum Gasteiger partial charge on any atom is -0.350 e. The van der Waals surface area contributed by atoms with Crippen LogP contribution in [0.1, 0.15) is 33.4 Å². The van der Waals surface area contributed by atoms with Crippen LogP contribution in [0, 0.1) is 0 Å². The number of amides is 1. The quantitative estimate of drug-likeness (QED) is 0.816. The Labute approximate surface area is 103 Å². The number of carbonyl (C=O) groups is 1. The highest BCUT2D eigenvalue weighted by atomic mass is 16.2. The van der Waals surface area contributed by atoms with E-state index in [1.807, 2.05) is 39.3 Å². The zero-order chi connectivity index (χ0) is 13.1. The number of nitrogens with one attached hydrogen (secondary N) is 2. The van der Waals surface area contributed by atoms with Crippen LogP contribution in [-0.4, -0.2) is 27.0 Å². The summed E-state index contributed by atoms with van der Waals surface area (Å²) in [6.07, 6.45) is 3.54. The Bertz CT molecular complexity index is 378. The fourth-order valence-electron chi connectivity index (χ4n) is 1.38. The number of aromatic nitrogens is 2. The van der Waals surface area contributed by atoms with Crippen LogP contribution in [0.5, 0.6) is 0 Å². The highest BCUT2D eigenvalue weighted by molar-refractivity contribution is 5.81. The minimum absolute atomic E-state index is 0.0136. The van der Waals surface area contributed by atoms with Crippen molar-refractivity contribution in [2.45, 2.75) is 45.8 Å². The van der Waals surface area contributed by atoms with Gasteiger partial charge in [-0.05, 0) is 27.7 Å². The fraction of sp³-hybridized carbons (Fsp3) is 0.667. The standard InChI is InChI=1S/C12H22N4O/c1-9(11(17)15-12(2,3)4)14-7-10-6-13-8-16(10)5/h6,8-9,14H,7H2,1-5H3,(H,15,17). The van der Waals surface area contributed by atoms with Crippen LogP contribution in [0.25, 0.3) is 0 Å². The van der Waals surface area contributed by atoms with E-state index in [1.54, 1.807) is 12.5 Å². The first kappa shape index (κ1) is 13.7. The highest BCUT2D eigenvalue weighted by Gasteiger charge is 2.18. The zero-order valence-electron chi connectivity index (χ0n) is 11.2. The van der Waals surface area contributed by atoms with Gasteiger partial charge in [0, 0.05) is 25.3 Å². The van der Waals surface area contributed by atoms with Crippen LogP contribution in [0.15, 0.2) is 12.5 Å². The number of rotatable bonds is 4. The summed E-state index contributed by atoms with van der Waals surface area (Å²) in [7, 11) is 1.93.